The standard InChI is InChI=1S/C5H8O3S.C4H4O3.CH4S.I3.HI/c1-9-3-2-4(6)5(7)8;1-2-3(5)4(6)7;1-2;1-3-2;/h2-3H2,1H3,(H,7,8);2H,1H2,(H,6,7);2H,1H3;;1H/q;;;-1;. The molecule has 0 aromatic heterocycles. The second-order valence-electron chi connectivity index (χ2n) is 2.40. The summed E-state index contributed by atoms with van der Waals surface area (Å²) >= 11 is 10.3. The summed E-state index contributed by atoms with van der Waals surface area (Å²) in [5, 5.41) is 15.8. The van der Waals surface area contributed by atoms with Crippen molar-refractivity contribution in [3.05, 3.63) is 12.7 Å². The summed E-state index contributed by atoms with van der Waals surface area (Å²) in [7, 11) is 0. The van der Waals surface area contributed by atoms with Crippen LogP contribution in [0.2, 0.25) is 0 Å². The molecule has 0 aliphatic heterocycles. The Kier molecular flexibility index (Phi) is 48.4. The van der Waals surface area contributed by atoms with Gasteiger partial charge in [0.15, 0.2) is 0 Å². The predicted octanol–water partition coefficient (Wildman–Crippen LogP) is 0.159. The molecule has 0 atom stereocenters. The molecule has 0 amide bonds. The molecule has 0 spiro atoms. The summed E-state index contributed by atoms with van der Waals surface area (Å²) in [5.74, 6) is -3.88. The van der Waals surface area contributed by atoms with Gasteiger partial charge in [0.05, 0.1) is 0 Å². The van der Waals surface area contributed by atoms with Crippen molar-refractivity contribution in [3.8, 4) is 0 Å². The molecule has 0 heterocycles. The van der Waals surface area contributed by atoms with Gasteiger partial charge in [-0.25, -0.2) is 9.59 Å². The zero-order valence-corrected chi connectivity index (χ0v) is 22.1. The molecular weight excluding hydrogens is 788 g/mol. The van der Waals surface area contributed by atoms with Crippen LogP contribution in [-0.2, 0) is 19.2 Å². The van der Waals surface area contributed by atoms with Gasteiger partial charge in [0, 0.05) is 12.2 Å². The van der Waals surface area contributed by atoms with E-state index in [1.54, 1.807) is 6.26 Å². The number of carboxylic acid groups (broad SMARTS) is 2. The number of carbonyl (C=O) groups is 4. The van der Waals surface area contributed by atoms with Crippen molar-refractivity contribution < 1.29 is 42.6 Å². The van der Waals surface area contributed by atoms with E-state index < -0.39 is 23.5 Å². The number of rotatable bonds is 6. The van der Waals surface area contributed by atoms with Crippen LogP contribution in [-0.4, -0.2) is 52.0 Å². The summed E-state index contributed by atoms with van der Waals surface area (Å²) in [6, 6.07) is 0. The molecule has 0 aliphatic carbocycles. The Balaban J connectivity index is -0.0000000663. The molecule has 0 fully saturated rings. The quantitative estimate of drug-likeness (QED) is 0.152. The van der Waals surface area contributed by atoms with Gasteiger partial charge < -0.3 is 10.2 Å². The van der Waals surface area contributed by atoms with E-state index in [-0.39, 0.29) is 30.4 Å². The third-order valence-electron chi connectivity index (χ3n) is 1.17. The van der Waals surface area contributed by atoms with Crippen molar-refractivity contribution in [3.63, 3.8) is 0 Å². The van der Waals surface area contributed by atoms with Crippen molar-refractivity contribution in [2.45, 2.75) is 6.42 Å². The van der Waals surface area contributed by atoms with Gasteiger partial charge in [-0.2, -0.15) is 24.4 Å². The van der Waals surface area contributed by atoms with Crippen LogP contribution in [0.1, 0.15) is 6.42 Å². The fourth-order valence-corrected chi connectivity index (χ4v) is 0.779. The molecule has 22 heavy (non-hydrogen) atoms. The van der Waals surface area contributed by atoms with Crippen LogP contribution in [0.3, 0.4) is 0 Å². The second kappa shape index (κ2) is 30.5. The number of hydrogen-bond acceptors (Lipinski definition) is 6. The number of Topliss-reactive ketones (excluding diaryl/α,β-unsaturated/α-hetero) is 1. The summed E-state index contributed by atoms with van der Waals surface area (Å²) < 4.78 is 0. The minimum absolute atomic E-state index is 0. The Morgan fingerprint density at radius 1 is 1.18 bits per heavy atom. The molecule has 0 aromatic rings. The molecule has 0 saturated carbocycles. The first-order valence-electron chi connectivity index (χ1n) is 4.74. The van der Waals surface area contributed by atoms with E-state index in [0.29, 0.717) is 19.0 Å². The van der Waals surface area contributed by atoms with Crippen LogP contribution in [0.25, 0.3) is 0 Å². The van der Waals surface area contributed by atoms with Crippen molar-refractivity contribution >= 4 is 109 Å². The Bertz CT molecular complexity index is 329. The first kappa shape index (κ1) is 34.9. The molecule has 2 N–H and O–H groups in total. The molecule has 0 aromatic carbocycles. The van der Waals surface area contributed by atoms with Crippen molar-refractivity contribution in [2.24, 2.45) is 0 Å². The van der Waals surface area contributed by atoms with Crippen molar-refractivity contribution in [2.75, 3.05) is 18.3 Å². The number of thiol groups is 1. The van der Waals surface area contributed by atoms with Crippen molar-refractivity contribution in [1.29, 1.82) is 0 Å². The average molecular weight is 805 g/mol. The molecule has 134 valence electrons. The number of ketones is 2. The minimum atomic E-state index is -1.46. The predicted molar refractivity (Wildman–Crippen MR) is 117 cm³/mol. The van der Waals surface area contributed by atoms with E-state index in [1.807, 2.05) is 6.26 Å². The monoisotopic (exact) mass is 805 g/mol. The molecule has 0 unspecified atom stereocenters. The van der Waals surface area contributed by atoms with Gasteiger partial charge in [0.2, 0.25) is 5.78 Å². The van der Waals surface area contributed by atoms with Gasteiger partial charge in [0.25, 0.3) is 5.78 Å². The van der Waals surface area contributed by atoms with E-state index in [2.05, 4.69) is 56.4 Å². The average Bonchev–Trinajstić information content (AvgIpc) is 2.47. The Labute approximate surface area is 186 Å². The molecule has 0 rings (SSSR count). The summed E-state index contributed by atoms with van der Waals surface area (Å²) in [5.41, 5.74) is 0. The van der Waals surface area contributed by atoms with Crippen LogP contribution in [0.5, 0.6) is 0 Å². The van der Waals surface area contributed by atoms with Gasteiger partial charge in [-0.05, 0) is 18.6 Å². The maximum absolute atomic E-state index is 10.3. The van der Waals surface area contributed by atoms with Gasteiger partial charge in [-0.1, -0.05) is 6.58 Å². The van der Waals surface area contributed by atoms with Crippen LogP contribution in [0, 0.1) is 0 Å². The first-order valence-corrected chi connectivity index (χ1v) is 19.6. The van der Waals surface area contributed by atoms with Crippen LogP contribution in [0.4, 0.5) is 0 Å². The molecule has 0 saturated heterocycles. The Morgan fingerprint density at radius 3 is 1.68 bits per heavy atom. The van der Waals surface area contributed by atoms with Crippen LogP contribution < -0.4 is 13.3 Å². The van der Waals surface area contributed by atoms with E-state index >= 15 is 0 Å². The number of carboxylic acids is 2. The third-order valence-corrected chi connectivity index (χ3v) is 1.78. The number of hydrogen-bond donors (Lipinski definition) is 3. The Hall–Kier alpha value is 1.64. The summed E-state index contributed by atoms with van der Waals surface area (Å²) in [4.78, 5) is 39.4. The fourth-order valence-electron chi connectivity index (χ4n) is 0.389. The maximum atomic E-state index is 10.3. The molecule has 12 heteroatoms. The van der Waals surface area contributed by atoms with Gasteiger partial charge >= 0.3 is 62.4 Å². The van der Waals surface area contributed by atoms with Crippen LogP contribution >= 0.6 is 85.6 Å². The number of thioether (sulfide) groups is 1. The number of halogens is 4. The molecule has 0 radical (unpaired) electrons. The summed E-state index contributed by atoms with van der Waals surface area (Å²) in [6.45, 7) is 2.95. The van der Waals surface area contributed by atoms with Gasteiger partial charge in [-0.3, -0.25) is 9.59 Å². The number of aliphatic carboxylic acids is 2. The second-order valence-corrected chi connectivity index (χ2v) is 19.6. The van der Waals surface area contributed by atoms with E-state index in [9.17, 15) is 19.2 Å². The Morgan fingerprint density at radius 2 is 1.55 bits per heavy atom. The third kappa shape index (κ3) is 37.7. The molecular formula is C10H17I4O6S2-. The van der Waals surface area contributed by atoms with Crippen molar-refractivity contribution in [1.82, 2.24) is 0 Å². The molecule has 0 aliphatic rings. The SMILES string of the molecule is C=CC(=O)C(=O)O.CS.CSCCC(=O)C(=O)O.I.I[I-]I. The van der Waals surface area contributed by atoms with Gasteiger partial charge in [0.1, 0.15) is 0 Å². The van der Waals surface area contributed by atoms with Gasteiger partial charge in [-0.15, -0.1) is 24.0 Å². The normalized spacial score (nSPS) is 7.32. The van der Waals surface area contributed by atoms with E-state index in [1.165, 1.54) is 11.8 Å². The zero-order valence-electron chi connectivity index (χ0n) is 11.6. The van der Waals surface area contributed by atoms with E-state index in [4.69, 9.17) is 10.2 Å². The number of carbonyl (C=O) groups excluding carboxylic acids is 2. The van der Waals surface area contributed by atoms with Crippen LogP contribution in [0.15, 0.2) is 12.7 Å². The summed E-state index contributed by atoms with van der Waals surface area (Å²) in [6.07, 6.45) is 4.41. The first-order chi connectivity index (χ1) is 9.78. The fraction of sp³-hybridized carbons (Fsp3) is 0.400. The zero-order chi connectivity index (χ0) is 17.8. The van der Waals surface area contributed by atoms with E-state index in [0.717, 1.165) is 6.08 Å². The molecule has 6 nitrogen and oxygen atoms in total. The topological polar surface area (TPSA) is 109 Å². The molecule has 0 bridgehead atoms.